The molecule has 0 spiro atoms. The highest BCUT2D eigenvalue weighted by atomic mass is 32.2. The van der Waals surface area contributed by atoms with E-state index in [1.54, 1.807) is 35.2 Å². The van der Waals surface area contributed by atoms with Crippen molar-refractivity contribution in [3.05, 3.63) is 40.8 Å². The number of aliphatic imine (C=N–C) groups is 1. The molecule has 0 aliphatic carbocycles. The molecule has 25 heavy (non-hydrogen) atoms. The number of allylic oxidation sites excluding steroid dienone is 1. The maximum atomic E-state index is 12.3. The Balaban J connectivity index is 1.38. The number of benzene rings is 1. The van der Waals surface area contributed by atoms with E-state index < -0.39 is 11.3 Å². The second kappa shape index (κ2) is 6.41. The standard InChI is InChI=1S/C16H12N4O3S2/c21-14(9-1-2-10-12(7-9)25-8-18-10)17-4-5-20-15(22)13-11(3-6-24-13)19-16(20)23/h1-3,6-8,13H,4-5H2,(H,17,21). The van der Waals surface area contributed by atoms with Crippen LogP contribution < -0.4 is 5.32 Å². The Hall–Kier alpha value is -2.52. The van der Waals surface area contributed by atoms with Gasteiger partial charge in [-0.15, -0.1) is 23.1 Å². The number of urea groups is 1. The highest BCUT2D eigenvalue weighted by Gasteiger charge is 2.38. The van der Waals surface area contributed by atoms with Crippen LogP contribution in [0, 0.1) is 0 Å². The molecule has 3 heterocycles. The van der Waals surface area contributed by atoms with Crippen LogP contribution in [0.4, 0.5) is 4.79 Å². The summed E-state index contributed by atoms with van der Waals surface area (Å²) in [5, 5.41) is 4.05. The Labute approximate surface area is 150 Å². The predicted octanol–water partition coefficient (Wildman–Crippen LogP) is 2.06. The van der Waals surface area contributed by atoms with Crippen LogP contribution in [-0.4, -0.2) is 51.8 Å². The van der Waals surface area contributed by atoms with Gasteiger partial charge < -0.3 is 5.32 Å². The van der Waals surface area contributed by atoms with Gasteiger partial charge in [-0.25, -0.2) is 9.78 Å². The third-order valence-corrected chi connectivity index (χ3v) is 5.68. The lowest BCUT2D eigenvalue weighted by Crippen LogP contribution is -2.49. The van der Waals surface area contributed by atoms with Gasteiger partial charge in [-0.1, -0.05) is 0 Å². The van der Waals surface area contributed by atoms with E-state index in [1.807, 2.05) is 0 Å². The lowest BCUT2D eigenvalue weighted by molar-refractivity contribution is -0.126. The number of carbonyl (C=O) groups excluding carboxylic acids is 3. The Bertz CT molecular complexity index is 950. The average Bonchev–Trinajstić information content (AvgIpc) is 3.25. The smallest absolute Gasteiger partial charge is 0.350 e. The van der Waals surface area contributed by atoms with Gasteiger partial charge in [0.15, 0.2) is 0 Å². The Morgan fingerprint density at radius 2 is 2.20 bits per heavy atom. The first-order valence-electron chi connectivity index (χ1n) is 7.51. The van der Waals surface area contributed by atoms with Crippen molar-refractivity contribution in [3.8, 4) is 0 Å². The SMILES string of the molecule is O=C(NCCN1C(=O)N=C2C=CSC2C1=O)c1ccc2ncsc2c1. The summed E-state index contributed by atoms with van der Waals surface area (Å²) in [4.78, 5) is 45.7. The Morgan fingerprint density at radius 1 is 1.32 bits per heavy atom. The highest BCUT2D eigenvalue weighted by Crippen LogP contribution is 2.27. The van der Waals surface area contributed by atoms with Gasteiger partial charge in [-0.3, -0.25) is 14.5 Å². The van der Waals surface area contributed by atoms with Gasteiger partial charge in [0, 0.05) is 18.7 Å². The fourth-order valence-electron chi connectivity index (χ4n) is 2.62. The molecule has 1 N–H and O–H groups in total. The van der Waals surface area contributed by atoms with Gasteiger partial charge in [-0.2, -0.15) is 4.99 Å². The molecular weight excluding hydrogens is 360 g/mol. The lowest BCUT2D eigenvalue weighted by atomic mass is 10.2. The molecule has 0 saturated heterocycles. The number of nitrogens with one attached hydrogen (secondary N) is 1. The van der Waals surface area contributed by atoms with Crippen molar-refractivity contribution < 1.29 is 14.4 Å². The molecule has 0 bridgehead atoms. The molecule has 1 aromatic carbocycles. The van der Waals surface area contributed by atoms with Gasteiger partial charge in [0.1, 0.15) is 5.25 Å². The number of nitrogens with zero attached hydrogens (tertiary/aromatic N) is 3. The van der Waals surface area contributed by atoms with Gasteiger partial charge in [0.05, 0.1) is 21.4 Å². The molecule has 2 aliphatic rings. The van der Waals surface area contributed by atoms with E-state index in [4.69, 9.17) is 0 Å². The van der Waals surface area contributed by atoms with Crippen molar-refractivity contribution in [1.82, 2.24) is 15.2 Å². The summed E-state index contributed by atoms with van der Waals surface area (Å²) in [5.74, 6) is -0.543. The van der Waals surface area contributed by atoms with E-state index in [9.17, 15) is 14.4 Å². The highest BCUT2D eigenvalue weighted by molar-refractivity contribution is 8.04. The van der Waals surface area contributed by atoms with E-state index >= 15 is 0 Å². The quantitative estimate of drug-likeness (QED) is 0.887. The minimum Gasteiger partial charge on any atom is -0.350 e. The third kappa shape index (κ3) is 2.96. The number of imide groups is 1. The minimum atomic E-state index is -0.580. The molecule has 7 nitrogen and oxygen atoms in total. The monoisotopic (exact) mass is 372 g/mol. The number of aromatic nitrogens is 1. The number of fused-ring (bicyclic) bond motifs is 2. The molecule has 9 heteroatoms. The predicted molar refractivity (Wildman–Crippen MR) is 97.0 cm³/mol. The van der Waals surface area contributed by atoms with Crippen molar-refractivity contribution in [3.63, 3.8) is 0 Å². The Kier molecular flexibility index (Phi) is 4.10. The van der Waals surface area contributed by atoms with Crippen molar-refractivity contribution in [2.24, 2.45) is 4.99 Å². The average molecular weight is 372 g/mol. The van der Waals surface area contributed by atoms with Crippen LogP contribution in [0.5, 0.6) is 0 Å². The van der Waals surface area contributed by atoms with Gasteiger partial charge >= 0.3 is 6.03 Å². The molecule has 0 radical (unpaired) electrons. The van der Waals surface area contributed by atoms with E-state index in [-0.39, 0.29) is 24.9 Å². The van der Waals surface area contributed by atoms with E-state index in [2.05, 4.69) is 15.3 Å². The molecular formula is C16H12N4O3S2. The zero-order valence-electron chi connectivity index (χ0n) is 12.8. The second-order valence-corrected chi connectivity index (χ2v) is 7.32. The normalized spacial score (nSPS) is 19.3. The molecule has 1 atom stereocenters. The number of hydrogen-bond acceptors (Lipinski definition) is 6. The molecule has 2 aliphatic heterocycles. The number of amides is 4. The molecule has 0 fully saturated rings. The van der Waals surface area contributed by atoms with Crippen LogP contribution in [0.15, 0.2) is 40.2 Å². The maximum Gasteiger partial charge on any atom is 0.350 e. The van der Waals surface area contributed by atoms with Crippen LogP contribution >= 0.6 is 23.1 Å². The van der Waals surface area contributed by atoms with Crippen LogP contribution in [0.2, 0.25) is 0 Å². The van der Waals surface area contributed by atoms with Crippen molar-refractivity contribution in [1.29, 1.82) is 0 Å². The van der Waals surface area contributed by atoms with Crippen molar-refractivity contribution in [2.45, 2.75) is 5.25 Å². The largest absolute Gasteiger partial charge is 0.350 e. The number of thioether (sulfide) groups is 1. The first kappa shape index (κ1) is 16.0. The number of carbonyl (C=O) groups is 3. The summed E-state index contributed by atoms with van der Waals surface area (Å²) in [7, 11) is 0. The van der Waals surface area contributed by atoms with Gasteiger partial charge in [0.2, 0.25) is 5.91 Å². The summed E-state index contributed by atoms with van der Waals surface area (Å²) in [6, 6.07) is 4.69. The summed E-state index contributed by atoms with van der Waals surface area (Å²) < 4.78 is 0.932. The van der Waals surface area contributed by atoms with E-state index in [0.29, 0.717) is 11.3 Å². The van der Waals surface area contributed by atoms with Gasteiger partial charge in [0.25, 0.3) is 5.91 Å². The van der Waals surface area contributed by atoms with Crippen LogP contribution in [0.1, 0.15) is 10.4 Å². The number of hydrogen-bond donors (Lipinski definition) is 1. The maximum absolute atomic E-state index is 12.3. The van der Waals surface area contributed by atoms with Crippen molar-refractivity contribution in [2.75, 3.05) is 13.1 Å². The molecule has 2 aromatic rings. The Morgan fingerprint density at radius 3 is 3.08 bits per heavy atom. The number of rotatable bonds is 4. The van der Waals surface area contributed by atoms with Crippen LogP contribution in [0.3, 0.4) is 0 Å². The van der Waals surface area contributed by atoms with E-state index in [1.165, 1.54) is 23.1 Å². The topological polar surface area (TPSA) is 91.7 Å². The van der Waals surface area contributed by atoms with Gasteiger partial charge in [-0.05, 0) is 29.7 Å². The first-order valence-corrected chi connectivity index (χ1v) is 9.33. The summed E-state index contributed by atoms with van der Waals surface area (Å²) in [6.45, 7) is 0.271. The zero-order chi connectivity index (χ0) is 17.4. The fraction of sp³-hybridized carbons (Fsp3) is 0.188. The third-order valence-electron chi connectivity index (χ3n) is 3.88. The second-order valence-electron chi connectivity index (χ2n) is 5.42. The number of thiazole rings is 1. The molecule has 126 valence electrons. The molecule has 1 unspecified atom stereocenters. The van der Waals surface area contributed by atoms with E-state index in [0.717, 1.165) is 15.1 Å². The summed E-state index contributed by atoms with van der Waals surface area (Å²) in [6.07, 6.45) is 1.68. The first-order chi connectivity index (χ1) is 12.1. The lowest BCUT2D eigenvalue weighted by Gasteiger charge is -2.25. The fourth-order valence-corrected chi connectivity index (χ4v) is 4.22. The van der Waals surface area contributed by atoms with Crippen LogP contribution in [0.25, 0.3) is 10.2 Å². The molecule has 1 aromatic heterocycles. The molecule has 4 rings (SSSR count). The van der Waals surface area contributed by atoms with Crippen molar-refractivity contribution >= 4 is 56.9 Å². The van der Waals surface area contributed by atoms with Crippen LogP contribution in [-0.2, 0) is 4.79 Å². The minimum absolute atomic E-state index is 0.0973. The molecule has 4 amide bonds. The summed E-state index contributed by atoms with van der Waals surface area (Å²) >= 11 is 2.80. The molecule has 0 saturated carbocycles. The summed E-state index contributed by atoms with van der Waals surface area (Å²) in [5.41, 5.74) is 3.59. The zero-order valence-corrected chi connectivity index (χ0v) is 14.5.